The Morgan fingerprint density at radius 1 is 1.28 bits per heavy atom. The van der Waals surface area contributed by atoms with Crippen LogP contribution in [-0.4, -0.2) is 43.7 Å². The number of halogens is 1. The Bertz CT molecular complexity index is 765. The number of hydrogen-bond acceptors (Lipinski definition) is 4. The first-order chi connectivity index (χ1) is 12.0. The van der Waals surface area contributed by atoms with Gasteiger partial charge < -0.3 is 19.1 Å². The summed E-state index contributed by atoms with van der Waals surface area (Å²) in [5.74, 6) is 1.98. The minimum Gasteiger partial charge on any atom is -0.486 e. The maximum atomic E-state index is 12.3. The van der Waals surface area contributed by atoms with Gasteiger partial charge in [-0.3, -0.25) is 4.79 Å². The van der Waals surface area contributed by atoms with E-state index in [2.05, 4.69) is 15.9 Å². The molecule has 1 aliphatic heterocycles. The zero-order chi connectivity index (χ0) is 17.8. The number of aryl methyl sites for hydroxylation is 1. The van der Waals surface area contributed by atoms with Crippen LogP contribution in [0.5, 0.6) is 17.2 Å². The van der Waals surface area contributed by atoms with Gasteiger partial charge in [0.25, 0.3) is 5.91 Å². The van der Waals surface area contributed by atoms with Crippen molar-refractivity contribution in [2.45, 2.75) is 13.0 Å². The van der Waals surface area contributed by atoms with Crippen LogP contribution in [0.3, 0.4) is 0 Å². The van der Waals surface area contributed by atoms with E-state index in [9.17, 15) is 4.79 Å². The normalized spacial score (nSPS) is 15.6. The highest BCUT2D eigenvalue weighted by Crippen LogP contribution is 2.31. The SMILES string of the molecule is Cc1ccc(OCC(=O)N(C)C[C@@H]2COc3ccccc3O2)c(Br)c1. The molecule has 2 aromatic rings. The van der Waals surface area contributed by atoms with Crippen molar-refractivity contribution in [1.29, 1.82) is 0 Å². The second-order valence-electron chi connectivity index (χ2n) is 5.99. The van der Waals surface area contributed by atoms with Crippen LogP contribution in [0, 0.1) is 6.92 Å². The van der Waals surface area contributed by atoms with Gasteiger partial charge in [0.2, 0.25) is 0 Å². The average Bonchev–Trinajstić information content (AvgIpc) is 2.60. The molecule has 0 fully saturated rings. The molecule has 0 aliphatic carbocycles. The summed E-state index contributed by atoms with van der Waals surface area (Å²) in [6.07, 6.45) is -0.199. The van der Waals surface area contributed by atoms with E-state index in [0.717, 1.165) is 15.8 Å². The van der Waals surface area contributed by atoms with E-state index in [1.54, 1.807) is 11.9 Å². The highest BCUT2D eigenvalue weighted by Gasteiger charge is 2.23. The number of rotatable bonds is 5. The molecule has 0 spiro atoms. The van der Waals surface area contributed by atoms with Gasteiger partial charge in [-0.05, 0) is 52.7 Å². The van der Waals surface area contributed by atoms with Crippen LogP contribution in [0.25, 0.3) is 0 Å². The van der Waals surface area contributed by atoms with Crippen LogP contribution in [0.1, 0.15) is 5.56 Å². The summed E-state index contributed by atoms with van der Waals surface area (Å²) in [6, 6.07) is 13.3. The smallest absolute Gasteiger partial charge is 0.260 e. The maximum absolute atomic E-state index is 12.3. The van der Waals surface area contributed by atoms with E-state index >= 15 is 0 Å². The molecular formula is C19H20BrNO4. The molecule has 25 heavy (non-hydrogen) atoms. The van der Waals surface area contributed by atoms with Gasteiger partial charge in [-0.25, -0.2) is 0 Å². The Labute approximate surface area is 155 Å². The molecule has 0 saturated heterocycles. The van der Waals surface area contributed by atoms with Crippen LogP contribution in [0.15, 0.2) is 46.9 Å². The Kier molecular flexibility index (Phi) is 5.48. The lowest BCUT2D eigenvalue weighted by atomic mass is 10.2. The molecule has 1 aliphatic rings. The number of likely N-dealkylation sites (N-methyl/N-ethyl adjacent to an activating group) is 1. The summed E-state index contributed by atoms with van der Waals surface area (Å²) in [6.45, 7) is 2.82. The number of benzene rings is 2. The minimum atomic E-state index is -0.199. The minimum absolute atomic E-state index is 0.0255. The first-order valence-corrected chi connectivity index (χ1v) is 8.83. The molecule has 1 amide bonds. The molecule has 0 unspecified atom stereocenters. The van der Waals surface area contributed by atoms with Crippen molar-refractivity contribution < 1.29 is 19.0 Å². The Hall–Kier alpha value is -2.21. The molecule has 1 atom stereocenters. The third kappa shape index (κ3) is 4.45. The largest absolute Gasteiger partial charge is 0.486 e. The van der Waals surface area contributed by atoms with Gasteiger partial charge in [-0.15, -0.1) is 0 Å². The van der Waals surface area contributed by atoms with E-state index in [4.69, 9.17) is 14.2 Å². The van der Waals surface area contributed by atoms with Crippen molar-refractivity contribution >= 4 is 21.8 Å². The average molecular weight is 406 g/mol. The lowest BCUT2D eigenvalue weighted by Gasteiger charge is -2.29. The standard InChI is InChI=1S/C19H20BrNO4/c1-13-7-8-16(15(20)9-13)24-12-19(22)21(2)10-14-11-23-17-5-3-4-6-18(17)25-14/h3-9,14H,10-12H2,1-2H3/t14-/m1/s1. The molecule has 0 bridgehead atoms. The molecule has 132 valence electrons. The van der Waals surface area contributed by atoms with Crippen LogP contribution in [-0.2, 0) is 4.79 Å². The molecule has 2 aromatic carbocycles. The number of carbonyl (C=O) groups is 1. The second-order valence-corrected chi connectivity index (χ2v) is 6.85. The fourth-order valence-electron chi connectivity index (χ4n) is 2.53. The zero-order valence-electron chi connectivity index (χ0n) is 14.2. The molecule has 0 radical (unpaired) electrons. The van der Waals surface area contributed by atoms with Gasteiger partial charge in [-0.1, -0.05) is 18.2 Å². The lowest BCUT2D eigenvalue weighted by molar-refractivity contribution is -0.133. The van der Waals surface area contributed by atoms with E-state index in [1.165, 1.54) is 0 Å². The summed E-state index contributed by atoms with van der Waals surface area (Å²) >= 11 is 3.44. The van der Waals surface area contributed by atoms with Crippen molar-refractivity contribution in [3.05, 3.63) is 52.5 Å². The van der Waals surface area contributed by atoms with Crippen LogP contribution < -0.4 is 14.2 Å². The van der Waals surface area contributed by atoms with E-state index in [1.807, 2.05) is 49.4 Å². The molecule has 0 N–H and O–H groups in total. The monoisotopic (exact) mass is 405 g/mol. The van der Waals surface area contributed by atoms with E-state index < -0.39 is 0 Å². The molecule has 3 rings (SSSR count). The Balaban J connectivity index is 1.51. The highest BCUT2D eigenvalue weighted by atomic mass is 79.9. The fraction of sp³-hybridized carbons (Fsp3) is 0.316. The fourth-order valence-corrected chi connectivity index (χ4v) is 3.14. The molecule has 6 heteroatoms. The number of para-hydroxylation sites is 2. The first kappa shape index (κ1) is 17.6. The summed E-state index contributed by atoms with van der Waals surface area (Å²) in [5, 5.41) is 0. The number of amides is 1. The van der Waals surface area contributed by atoms with Crippen molar-refractivity contribution in [2.24, 2.45) is 0 Å². The molecule has 0 saturated carbocycles. The lowest BCUT2D eigenvalue weighted by Crippen LogP contribution is -2.43. The molecular weight excluding hydrogens is 386 g/mol. The Morgan fingerprint density at radius 2 is 2.04 bits per heavy atom. The number of fused-ring (bicyclic) bond motifs is 1. The van der Waals surface area contributed by atoms with Crippen molar-refractivity contribution in [1.82, 2.24) is 4.90 Å². The van der Waals surface area contributed by atoms with Crippen LogP contribution in [0.2, 0.25) is 0 Å². The van der Waals surface area contributed by atoms with Crippen LogP contribution in [0.4, 0.5) is 0 Å². The zero-order valence-corrected chi connectivity index (χ0v) is 15.8. The van der Waals surface area contributed by atoms with Crippen molar-refractivity contribution in [3.63, 3.8) is 0 Å². The van der Waals surface area contributed by atoms with Crippen LogP contribution >= 0.6 is 15.9 Å². The predicted molar refractivity (Wildman–Crippen MR) is 98.4 cm³/mol. The molecule has 0 aromatic heterocycles. The van der Waals surface area contributed by atoms with Gasteiger partial charge in [0.15, 0.2) is 24.2 Å². The van der Waals surface area contributed by atoms with Crippen molar-refractivity contribution in [2.75, 3.05) is 26.8 Å². The highest BCUT2D eigenvalue weighted by molar-refractivity contribution is 9.10. The summed E-state index contributed by atoms with van der Waals surface area (Å²) in [4.78, 5) is 13.9. The maximum Gasteiger partial charge on any atom is 0.260 e. The number of ether oxygens (including phenoxy) is 3. The topological polar surface area (TPSA) is 48.0 Å². The van der Waals surface area contributed by atoms with Gasteiger partial charge in [-0.2, -0.15) is 0 Å². The summed E-state index contributed by atoms with van der Waals surface area (Å²) < 4.78 is 18.0. The first-order valence-electron chi connectivity index (χ1n) is 8.04. The number of hydrogen-bond donors (Lipinski definition) is 0. The molecule has 1 heterocycles. The van der Waals surface area contributed by atoms with Gasteiger partial charge >= 0.3 is 0 Å². The van der Waals surface area contributed by atoms with Gasteiger partial charge in [0.1, 0.15) is 12.4 Å². The summed E-state index contributed by atoms with van der Waals surface area (Å²) in [5.41, 5.74) is 1.12. The second kappa shape index (κ2) is 7.78. The van der Waals surface area contributed by atoms with Crippen molar-refractivity contribution in [3.8, 4) is 17.2 Å². The molecule has 5 nitrogen and oxygen atoms in total. The third-order valence-corrected chi connectivity index (χ3v) is 4.53. The Morgan fingerprint density at radius 3 is 2.80 bits per heavy atom. The number of nitrogens with zero attached hydrogens (tertiary/aromatic N) is 1. The third-order valence-electron chi connectivity index (χ3n) is 3.91. The van der Waals surface area contributed by atoms with E-state index in [-0.39, 0.29) is 18.6 Å². The van der Waals surface area contributed by atoms with E-state index in [0.29, 0.717) is 24.7 Å². The summed E-state index contributed by atoms with van der Waals surface area (Å²) in [7, 11) is 1.74. The van der Waals surface area contributed by atoms with Gasteiger partial charge in [0.05, 0.1) is 11.0 Å². The van der Waals surface area contributed by atoms with Gasteiger partial charge in [0, 0.05) is 7.05 Å². The predicted octanol–water partition coefficient (Wildman–Crippen LogP) is 3.43. The quantitative estimate of drug-likeness (QED) is 0.764. The number of carbonyl (C=O) groups excluding carboxylic acids is 1.